The van der Waals surface area contributed by atoms with Crippen molar-refractivity contribution in [2.45, 2.75) is 33.0 Å². The molecular weight excluding hydrogens is 370 g/mol. The molecule has 3 rings (SSSR count). The molecule has 1 heterocycles. The minimum Gasteiger partial charge on any atom is -0.479 e. The number of aryl methyl sites for hydroxylation is 1. The molecule has 3 N–H and O–H groups in total. The van der Waals surface area contributed by atoms with Crippen molar-refractivity contribution in [2.75, 3.05) is 11.1 Å². The second-order valence-electron chi connectivity index (χ2n) is 6.36. The molecule has 0 saturated carbocycles. The van der Waals surface area contributed by atoms with Gasteiger partial charge in [-0.05, 0) is 37.6 Å². The number of nitrogens with two attached hydrogens (primary N) is 1. The van der Waals surface area contributed by atoms with E-state index in [1.165, 1.54) is 0 Å². The normalized spacial score (nSPS) is 11.5. The summed E-state index contributed by atoms with van der Waals surface area (Å²) in [6, 6.07) is 16.9. The maximum Gasteiger partial charge on any atom is 0.347 e. The number of nitrogens with one attached hydrogen (secondary N) is 1. The van der Waals surface area contributed by atoms with Crippen molar-refractivity contribution < 1.29 is 14.3 Å². The summed E-state index contributed by atoms with van der Waals surface area (Å²) in [7, 11) is 0. The lowest BCUT2D eigenvalue weighted by molar-refractivity contribution is -0.153. The molecular formula is C21H23N5O3. The zero-order valence-corrected chi connectivity index (χ0v) is 16.3. The van der Waals surface area contributed by atoms with Crippen LogP contribution in [0, 0.1) is 6.92 Å². The second-order valence-corrected chi connectivity index (χ2v) is 6.36. The van der Waals surface area contributed by atoms with Crippen LogP contribution in [0.2, 0.25) is 0 Å². The van der Waals surface area contributed by atoms with Crippen LogP contribution in [0.3, 0.4) is 0 Å². The van der Waals surface area contributed by atoms with E-state index in [9.17, 15) is 4.79 Å². The van der Waals surface area contributed by atoms with Gasteiger partial charge in [-0.2, -0.15) is 15.0 Å². The quantitative estimate of drug-likeness (QED) is 0.560. The van der Waals surface area contributed by atoms with E-state index in [-0.39, 0.29) is 24.3 Å². The number of ether oxygens (including phenoxy) is 2. The van der Waals surface area contributed by atoms with Gasteiger partial charge in [0.05, 0.1) is 0 Å². The summed E-state index contributed by atoms with van der Waals surface area (Å²) in [5.41, 5.74) is 7.72. The van der Waals surface area contributed by atoms with Gasteiger partial charge in [0.25, 0.3) is 0 Å². The second kappa shape index (κ2) is 9.50. The molecule has 0 spiro atoms. The van der Waals surface area contributed by atoms with Crippen LogP contribution in [-0.2, 0) is 16.1 Å². The number of hydrogen-bond acceptors (Lipinski definition) is 8. The Labute approximate surface area is 169 Å². The van der Waals surface area contributed by atoms with Crippen LogP contribution < -0.4 is 15.8 Å². The first-order valence-corrected chi connectivity index (χ1v) is 9.26. The number of hydrogen-bond donors (Lipinski definition) is 2. The van der Waals surface area contributed by atoms with Crippen molar-refractivity contribution in [3.8, 4) is 5.75 Å². The van der Waals surface area contributed by atoms with Crippen LogP contribution in [-0.4, -0.2) is 27.0 Å². The Balaban J connectivity index is 1.62. The van der Waals surface area contributed by atoms with Crippen LogP contribution in [0.15, 0.2) is 54.6 Å². The summed E-state index contributed by atoms with van der Waals surface area (Å²) in [6.07, 6.45) is -0.255. The van der Waals surface area contributed by atoms with Crippen molar-refractivity contribution in [2.24, 2.45) is 0 Å². The Morgan fingerprint density at radius 1 is 1.07 bits per heavy atom. The predicted molar refractivity (Wildman–Crippen MR) is 110 cm³/mol. The van der Waals surface area contributed by atoms with E-state index < -0.39 is 12.1 Å². The molecule has 29 heavy (non-hydrogen) atoms. The first kappa shape index (κ1) is 20.1. The topological polar surface area (TPSA) is 112 Å². The number of para-hydroxylation sites is 1. The molecule has 0 aliphatic heterocycles. The number of nitrogen functional groups attached to an aromatic ring is 1. The molecule has 0 fully saturated rings. The standard InChI is InChI=1S/C21H23N5O3/c1-3-17(29-16-7-5-4-6-8-16)19(27)28-13-18-24-20(22)26-21(25-18)23-15-11-9-14(2)10-12-15/h4-12,17H,3,13H2,1-2H3,(H3,22,23,24,25,26)/t17-/m1/s1. The van der Waals surface area contributed by atoms with E-state index in [0.29, 0.717) is 12.2 Å². The van der Waals surface area contributed by atoms with Crippen molar-refractivity contribution >= 4 is 23.6 Å². The number of aromatic nitrogens is 3. The molecule has 0 radical (unpaired) electrons. The van der Waals surface area contributed by atoms with E-state index >= 15 is 0 Å². The fourth-order valence-corrected chi connectivity index (χ4v) is 2.51. The fraction of sp³-hybridized carbons (Fsp3) is 0.238. The molecule has 1 atom stereocenters. The maximum atomic E-state index is 12.4. The third-order valence-electron chi connectivity index (χ3n) is 4.01. The molecule has 8 nitrogen and oxygen atoms in total. The molecule has 0 aliphatic rings. The first-order valence-electron chi connectivity index (χ1n) is 9.26. The summed E-state index contributed by atoms with van der Waals surface area (Å²) in [4.78, 5) is 24.7. The Morgan fingerprint density at radius 3 is 2.48 bits per heavy atom. The van der Waals surface area contributed by atoms with Gasteiger partial charge in [0, 0.05) is 5.69 Å². The largest absolute Gasteiger partial charge is 0.479 e. The van der Waals surface area contributed by atoms with Crippen molar-refractivity contribution in [1.29, 1.82) is 0 Å². The molecule has 0 aliphatic carbocycles. The van der Waals surface area contributed by atoms with E-state index in [1.54, 1.807) is 12.1 Å². The van der Waals surface area contributed by atoms with E-state index in [2.05, 4.69) is 20.3 Å². The Kier molecular flexibility index (Phi) is 6.57. The minimum atomic E-state index is -0.721. The number of benzene rings is 2. The predicted octanol–water partition coefficient (Wildman–Crippen LogP) is 3.41. The average molecular weight is 393 g/mol. The molecule has 0 saturated heterocycles. The van der Waals surface area contributed by atoms with Crippen LogP contribution in [0.25, 0.3) is 0 Å². The van der Waals surface area contributed by atoms with Gasteiger partial charge in [-0.25, -0.2) is 4.79 Å². The van der Waals surface area contributed by atoms with Gasteiger partial charge in [0.1, 0.15) is 5.75 Å². The molecule has 1 aromatic heterocycles. The zero-order valence-electron chi connectivity index (χ0n) is 16.3. The van der Waals surface area contributed by atoms with E-state index in [4.69, 9.17) is 15.2 Å². The van der Waals surface area contributed by atoms with Crippen molar-refractivity contribution in [3.63, 3.8) is 0 Å². The molecule has 3 aromatic rings. The van der Waals surface area contributed by atoms with Crippen molar-refractivity contribution in [3.05, 3.63) is 66.0 Å². The SMILES string of the molecule is CC[C@@H](Oc1ccccc1)C(=O)OCc1nc(N)nc(Nc2ccc(C)cc2)n1. The molecule has 0 bridgehead atoms. The molecule has 2 aromatic carbocycles. The van der Waals surface area contributed by atoms with Gasteiger partial charge >= 0.3 is 5.97 Å². The van der Waals surface area contributed by atoms with Crippen LogP contribution in [0.4, 0.5) is 17.6 Å². The van der Waals surface area contributed by atoms with Gasteiger partial charge in [-0.15, -0.1) is 0 Å². The Hall–Kier alpha value is -3.68. The van der Waals surface area contributed by atoms with Crippen molar-refractivity contribution in [1.82, 2.24) is 15.0 Å². The van der Waals surface area contributed by atoms with Gasteiger partial charge in [0.2, 0.25) is 11.9 Å². The van der Waals surface area contributed by atoms with Crippen LogP contribution >= 0.6 is 0 Å². The fourth-order valence-electron chi connectivity index (χ4n) is 2.51. The van der Waals surface area contributed by atoms with Gasteiger partial charge < -0.3 is 20.5 Å². The molecule has 8 heteroatoms. The zero-order chi connectivity index (χ0) is 20.6. The number of carbonyl (C=O) groups excluding carboxylic acids is 1. The lowest BCUT2D eigenvalue weighted by Crippen LogP contribution is -2.28. The van der Waals surface area contributed by atoms with E-state index in [1.807, 2.05) is 56.3 Å². The molecule has 0 unspecified atom stereocenters. The summed E-state index contributed by atoms with van der Waals surface area (Å²) in [6.45, 7) is 3.71. The van der Waals surface area contributed by atoms with Gasteiger partial charge in [-0.3, -0.25) is 0 Å². The smallest absolute Gasteiger partial charge is 0.347 e. The highest BCUT2D eigenvalue weighted by Gasteiger charge is 2.21. The number of esters is 1. The summed E-state index contributed by atoms with van der Waals surface area (Å²) >= 11 is 0. The number of nitrogens with zero attached hydrogens (tertiary/aromatic N) is 3. The highest BCUT2D eigenvalue weighted by Crippen LogP contribution is 2.16. The van der Waals surface area contributed by atoms with Gasteiger partial charge in [0.15, 0.2) is 18.5 Å². The number of anilines is 3. The first-order chi connectivity index (χ1) is 14.0. The Morgan fingerprint density at radius 2 is 1.79 bits per heavy atom. The lowest BCUT2D eigenvalue weighted by atomic mass is 10.2. The number of rotatable bonds is 8. The highest BCUT2D eigenvalue weighted by molar-refractivity contribution is 5.75. The number of carbonyl (C=O) groups is 1. The minimum absolute atomic E-state index is 0.0354. The monoisotopic (exact) mass is 393 g/mol. The van der Waals surface area contributed by atoms with Crippen LogP contribution in [0.5, 0.6) is 5.75 Å². The highest BCUT2D eigenvalue weighted by atomic mass is 16.6. The average Bonchev–Trinajstić information content (AvgIpc) is 2.72. The third kappa shape index (κ3) is 5.90. The lowest BCUT2D eigenvalue weighted by Gasteiger charge is -2.16. The Bertz CT molecular complexity index is 948. The molecule has 0 amide bonds. The van der Waals surface area contributed by atoms with E-state index in [0.717, 1.165) is 11.3 Å². The maximum absolute atomic E-state index is 12.4. The van der Waals surface area contributed by atoms with Crippen LogP contribution in [0.1, 0.15) is 24.7 Å². The van der Waals surface area contributed by atoms with Gasteiger partial charge in [-0.1, -0.05) is 42.8 Å². The summed E-state index contributed by atoms with van der Waals surface area (Å²) in [5, 5.41) is 3.06. The summed E-state index contributed by atoms with van der Waals surface area (Å²) in [5.74, 6) is 0.664. The molecule has 150 valence electrons. The third-order valence-corrected chi connectivity index (χ3v) is 4.01. The summed E-state index contributed by atoms with van der Waals surface area (Å²) < 4.78 is 11.0.